The van der Waals surface area contributed by atoms with Crippen molar-refractivity contribution in [1.29, 1.82) is 0 Å². The molecule has 0 amide bonds. The third kappa shape index (κ3) is 4.45. The number of rotatable bonds is 8. The SMILES string of the molecule is CCN(CC)S(=O)(=O)c1cccc([C@@H](C)NC2NC=CC(N3C=NC4(C)CC=CC=C34)N2C)c1. The first-order valence-electron chi connectivity index (χ1n) is 11.9. The fraction of sp³-hybridized carbons (Fsp3) is 0.480. The molecule has 2 N–H and O–H groups in total. The van der Waals surface area contributed by atoms with Crippen LogP contribution < -0.4 is 10.6 Å². The zero-order valence-electron chi connectivity index (χ0n) is 20.6. The molecule has 1 aromatic rings. The van der Waals surface area contributed by atoms with Gasteiger partial charge < -0.3 is 10.2 Å². The van der Waals surface area contributed by atoms with Gasteiger partial charge in [0.1, 0.15) is 18.0 Å². The number of hydrogen-bond donors (Lipinski definition) is 2. The zero-order valence-corrected chi connectivity index (χ0v) is 21.5. The van der Waals surface area contributed by atoms with Gasteiger partial charge in [0.05, 0.1) is 11.2 Å². The van der Waals surface area contributed by atoms with E-state index >= 15 is 0 Å². The van der Waals surface area contributed by atoms with Crippen LogP contribution in [0.1, 0.15) is 45.7 Å². The summed E-state index contributed by atoms with van der Waals surface area (Å²) in [4.78, 5) is 9.55. The summed E-state index contributed by atoms with van der Waals surface area (Å²) < 4.78 is 27.5. The summed E-state index contributed by atoms with van der Waals surface area (Å²) in [5.74, 6) is 0. The van der Waals surface area contributed by atoms with Crippen molar-refractivity contribution in [2.75, 3.05) is 20.1 Å². The number of nitrogens with zero attached hydrogens (tertiary/aromatic N) is 4. The Morgan fingerprint density at radius 1 is 1.32 bits per heavy atom. The van der Waals surface area contributed by atoms with Crippen molar-refractivity contribution in [3.8, 4) is 0 Å². The summed E-state index contributed by atoms with van der Waals surface area (Å²) in [6.45, 7) is 8.84. The normalized spacial score (nSPS) is 27.6. The summed E-state index contributed by atoms with van der Waals surface area (Å²) in [6.07, 6.45) is 13.2. The van der Waals surface area contributed by atoms with Crippen molar-refractivity contribution in [3.63, 3.8) is 0 Å². The van der Waals surface area contributed by atoms with Crippen molar-refractivity contribution in [2.24, 2.45) is 4.99 Å². The van der Waals surface area contributed by atoms with Crippen molar-refractivity contribution in [2.45, 2.75) is 63.0 Å². The second-order valence-electron chi connectivity index (χ2n) is 9.17. The van der Waals surface area contributed by atoms with Crippen LogP contribution in [0, 0.1) is 0 Å². The molecular weight excluding hydrogens is 448 g/mol. The molecule has 4 atom stereocenters. The van der Waals surface area contributed by atoms with Gasteiger partial charge >= 0.3 is 0 Å². The third-order valence-corrected chi connectivity index (χ3v) is 8.99. The first-order chi connectivity index (χ1) is 16.2. The van der Waals surface area contributed by atoms with Crippen LogP contribution in [-0.2, 0) is 10.0 Å². The van der Waals surface area contributed by atoms with E-state index in [-0.39, 0.29) is 24.0 Å². The van der Waals surface area contributed by atoms with E-state index < -0.39 is 10.0 Å². The summed E-state index contributed by atoms with van der Waals surface area (Å²) in [7, 11) is -1.44. The van der Waals surface area contributed by atoms with Gasteiger partial charge in [-0.3, -0.25) is 10.3 Å². The lowest BCUT2D eigenvalue weighted by Crippen LogP contribution is -2.61. The highest BCUT2D eigenvalue weighted by atomic mass is 32.2. The molecule has 8 nitrogen and oxygen atoms in total. The number of aliphatic imine (C=N–C) groups is 1. The van der Waals surface area contributed by atoms with E-state index in [1.807, 2.05) is 38.5 Å². The topological polar surface area (TPSA) is 80.3 Å². The molecular formula is C25H36N6O2S. The van der Waals surface area contributed by atoms with Gasteiger partial charge in [-0.05, 0) is 63.4 Å². The molecule has 34 heavy (non-hydrogen) atoms. The minimum atomic E-state index is -3.50. The lowest BCUT2D eigenvalue weighted by molar-refractivity contribution is 0.0773. The summed E-state index contributed by atoms with van der Waals surface area (Å²) >= 11 is 0. The predicted octanol–water partition coefficient (Wildman–Crippen LogP) is 2.97. The van der Waals surface area contributed by atoms with Crippen molar-refractivity contribution < 1.29 is 8.42 Å². The van der Waals surface area contributed by atoms with Crippen molar-refractivity contribution >= 4 is 16.4 Å². The predicted molar refractivity (Wildman–Crippen MR) is 136 cm³/mol. The van der Waals surface area contributed by atoms with E-state index in [0.717, 1.165) is 12.0 Å². The molecule has 184 valence electrons. The molecule has 0 radical (unpaired) electrons. The van der Waals surface area contributed by atoms with E-state index in [1.165, 1.54) is 10.0 Å². The molecule has 0 aromatic heterocycles. The number of nitrogens with one attached hydrogen (secondary N) is 2. The maximum Gasteiger partial charge on any atom is 0.243 e. The second-order valence-corrected chi connectivity index (χ2v) is 11.1. The van der Waals surface area contributed by atoms with Crippen molar-refractivity contribution in [3.05, 3.63) is 66.0 Å². The van der Waals surface area contributed by atoms with E-state index in [0.29, 0.717) is 18.0 Å². The lowest BCUT2D eigenvalue weighted by atomic mass is 9.90. The first kappa shape index (κ1) is 24.7. The molecule has 4 rings (SSSR count). The van der Waals surface area contributed by atoms with Gasteiger partial charge in [-0.25, -0.2) is 13.3 Å². The molecule has 1 aliphatic carbocycles. The van der Waals surface area contributed by atoms with Crippen LogP contribution in [-0.4, -0.2) is 67.0 Å². The van der Waals surface area contributed by atoms with Crippen LogP contribution in [0.2, 0.25) is 0 Å². The molecule has 3 aliphatic rings. The zero-order chi connectivity index (χ0) is 24.5. The number of sulfonamides is 1. The van der Waals surface area contributed by atoms with Gasteiger partial charge in [-0.15, -0.1) is 0 Å². The smallest absolute Gasteiger partial charge is 0.243 e. The molecule has 0 bridgehead atoms. The van der Waals surface area contributed by atoms with Gasteiger partial charge in [0, 0.05) is 24.8 Å². The Morgan fingerprint density at radius 3 is 2.82 bits per heavy atom. The minimum Gasteiger partial charge on any atom is -0.364 e. The van der Waals surface area contributed by atoms with E-state index in [2.05, 4.69) is 65.6 Å². The number of allylic oxidation sites excluding steroid dienone is 2. The third-order valence-electron chi connectivity index (χ3n) is 6.94. The van der Waals surface area contributed by atoms with Crippen LogP contribution in [0.25, 0.3) is 0 Å². The van der Waals surface area contributed by atoms with Gasteiger partial charge in [0.15, 0.2) is 0 Å². The average molecular weight is 485 g/mol. The van der Waals surface area contributed by atoms with Gasteiger partial charge in [-0.2, -0.15) is 4.31 Å². The second kappa shape index (κ2) is 9.65. The molecule has 0 saturated heterocycles. The Morgan fingerprint density at radius 2 is 2.09 bits per heavy atom. The van der Waals surface area contributed by atoms with Crippen LogP contribution in [0.3, 0.4) is 0 Å². The molecule has 1 aromatic carbocycles. The largest absolute Gasteiger partial charge is 0.364 e. The molecule has 9 heteroatoms. The van der Waals surface area contributed by atoms with E-state index in [4.69, 9.17) is 4.99 Å². The molecule has 2 aliphatic heterocycles. The number of fused-ring (bicyclic) bond motifs is 1. The van der Waals surface area contributed by atoms with Crippen LogP contribution in [0.5, 0.6) is 0 Å². The first-order valence-corrected chi connectivity index (χ1v) is 13.4. The van der Waals surface area contributed by atoms with Crippen LogP contribution >= 0.6 is 0 Å². The van der Waals surface area contributed by atoms with Gasteiger partial charge in [0.2, 0.25) is 10.0 Å². The van der Waals surface area contributed by atoms with Gasteiger partial charge in [-0.1, -0.05) is 38.1 Å². The summed E-state index contributed by atoms with van der Waals surface area (Å²) in [5, 5.41) is 7.00. The Hall–Kier alpha value is -2.46. The molecule has 0 saturated carbocycles. The summed E-state index contributed by atoms with van der Waals surface area (Å²) in [5.41, 5.74) is 1.91. The monoisotopic (exact) mass is 484 g/mol. The molecule has 2 heterocycles. The minimum absolute atomic E-state index is 0.00338. The van der Waals surface area contributed by atoms with Crippen molar-refractivity contribution in [1.82, 2.24) is 24.7 Å². The number of benzene rings is 1. The van der Waals surface area contributed by atoms with Gasteiger partial charge in [0.25, 0.3) is 0 Å². The number of likely N-dealkylation sites (N-methyl/N-ethyl adjacent to an activating group) is 1. The highest BCUT2D eigenvalue weighted by Gasteiger charge is 2.41. The fourth-order valence-electron chi connectivity index (χ4n) is 4.77. The van der Waals surface area contributed by atoms with E-state index in [9.17, 15) is 8.42 Å². The standard InChI is InChI=1S/C25H36N6O2S/c1-6-30(7-2)34(32,33)21-12-10-11-20(17-21)19(3)28-24-26-16-14-23(29(24)5)31-18-27-25(4)15-9-8-13-22(25)31/h8-14,16-19,23-24,26,28H,6-7,15H2,1-5H3/t19-,23?,24?,25?/m1/s1. The quantitative estimate of drug-likeness (QED) is 0.591. The Kier molecular flexibility index (Phi) is 7.00. The highest BCUT2D eigenvalue weighted by Crippen LogP contribution is 2.37. The highest BCUT2D eigenvalue weighted by molar-refractivity contribution is 7.89. The Bertz CT molecular complexity index is 1120. The van der Waals surface area contributed by atoms with Crippen LogP contribution in [0.15, 0.2) is 70.4 Å². The lowest BCUT2D eigenvalue weighted by Gasteiger charge is -2.43. The fourth-order valence-corrected chi connectivity index (χ4v) is 6.28. The van der Waals surface area contributed by atoms with Crippen LogP contribution in [0.4, 0.5) is 0 Å². The number of hydrogen-bond acceptors (Lipinski definition) is 7. The average Bonchev–Trinajstić information content (AvgIpc) is 3.18. The molecule has 3 unspecified atom stereocenters. The summed E-state index contributed by atoms with van der Waals surface area (Å²) in [6, 6.07) is 7.15. The Labute approximate surface area is 203 Å². The van der Waals surface area contributed by atoms with E-state index in [1.54, 1.807) is 12.1 Å². The maximum absolute atomic E-state index is 13.0. The molecule has 0 fully saturated rings. The maximum atomic E-state index is 13.0. The Balaban J connectivity index is 1.50. The molecule has 0 spiro atoms.